The molecule has 4 nitrogen and oxygen atoms in total. The Morgan fingerprint density at radius 1 is 1.04 bits per heavy atom. The van der Waals surface area contributed by atoms with Gasteiger partial charge in [0.05, 0.1) is 6.42 Å². The lowest BCUT2D eigenvalue weighted by Crippen LogP contribution is -2.49. The van der Waals surface area contributed by atoms with Gasteiger partial charge in [-0.3, -0.25) is 9.59 Å². The van der Waals surface area contributed by atoms with E-state index in [9.17, 15) is 18.4 Å². The molecule has 0 aliphatic heterocycles. The van der Waals surface area contributed by atoms with Crippen LogP contribution >= 0.6 is 11.6 Å². The molecule has 1 unspecified atom stereocenters. The van der Waals surface area contributed by atoms with Crippen molar-refractivity contribution in [3.05, 3.63) is 70.2 Å². The fourth-order valence-corrected chi connectivity index (χ4v) is 2.98. The van der Waals surface area contributed by atoms with Crippen molar-refractivity contribution < 1.29 is 18.4 Å². The fourth-order valence-electron chi connectivity index (χ4n) is 2.75. The molecule has 0 aliphatic carbocycles. The van der Waals surface area contributed by atoms with E-state index in [1.165, 1.54) is 29.2 Å². The van der Waals surface area contributed by atoms with Crippen molar-refractivity contribution >= 4 is 23.4 Å². The zero-order valence-corrected chi connectivity index (χ0v) is 16.8. The predicted molar refractivity (Wildman–Crippen MR) is 105 cm³/mol. The van der Waals surface area contributed by atoms with E-state index in [1.807, 2.05) is 0 Å². The highest BCUT2D eigenvalue weighted by Crippen LogP contribution is 2.22. The molecule has 0 heterocycles. The monoisotopic (exact) mass is 408 g/mol. The van der Waals surface area contributed by atoms with Crippen LogP contribution in [0.1, 0.15) is 31.9 Å². The van der Waals surface area contributed by atoms with Gasteiger partial charge in [0, 0.05) is 28.7 Å². The first-order chi connectivity index (χ1) is 13.2. The van der Waals surface area contributed by atoms with Crippen molar-refractivity contribution in [3.8, 4) is 0 Å². The molecule has 0 saturated carbocycles. The highest BCUT2D eigenvalue weighted by Gasteiger charge is 2.28. The number of hydrogen-bond acceptors (Lipinski definition) is 2. The third-order valence-electron chi connectivity index (χ3n) is 4.29. The van der Waals surface area contributed by atoms with Gasteiger partial charge >= 0.3 is 0 Å². The molecule has 0 radical (unpaired) electrons. The Morgan fingerprint density at radius 3 is 2.29 bits per heavy atom. The van der Waals surface area contributed by atoms with Gasteiger partial charge in [-0.05, 0) is 39.0 Å². The number of nitrogens with one attached hydrogen (secondary N) is 1. The average molecular weight is 409 g/mol. The van der Waals surface area contributed by atoms with Crippen LogP contribution in [-0.4, -0.2) is 28.8 Å². The zero-order valence-electron chi connectivity index (χ0n) is 16.0. The van der Waals surface area contributed by atoms with Crippen LogP contribution in [-0.2, 0) is 22.6 Å². The van der Waals surface area contributed by atoms with Crippen LogP contribution in [0.15, 0.2) is 42.5 Å². The summed E-state index contributed by atoms with van der Waals surface area (Å²) >= 11 is 6.02. The Balaban J connectivity index is 2.32. The average Bonchev–Trinajstić information content (AvgIpc) is 2.63. The van der Waals surface area contributed by atoms with Crippen molar-refractivity contribution in [2.45, 2.75) is 45.8 Å². The summed E-state index contributed by atoms with van der Waals surface area (Å²) in [5.41, 5.74) is 0.309. The summed E-state index contributed by atoms with van der Waals surface area (Å²) in [6, 6.07) is 9.16. The maximum Gasteiger partial charge on any atom is 0.242 e. The molecule has 0 bridgehead atoms. The Bertz CT molecular complexity index is 838. The number of amides is 2. The molecule has 2 rings (SSSR count). The van der Waals surface area contributed by atoms with E-state index in [0.717, 1.165) is 0 Å². The van der Waals surface area contributed by atoms with Gasteiger partial charge in [-0.2, -0.15) is 0 Å². The molecule has 0 fully saturated rings. The third kappa shape index (κ3) is 5.52. The second-order valence-corrected chi connectivity index (χ2v) is 7.24. The second kappa shape index (κ2) is 9.64. The highest BCUT2D eigenvalue weighted by atomic mass is 35.5. The van der Waals surface area contributed by atoms with Crippen LogP contribution in [0.4, 0.5) is 8.78 Å². The Hall–Kier alpha value is -2.47. The molecular weight excluding hydrogens is 386 g/mol. The molecule has 1 atom stereocenters. The fraction of sp³-hybridized carbons (Fsp3) is 0.333. The zero-order chi connectivity index (χ0) is 20.8. The minimum Gasteiger partial charge on any atom is -0.352 e. The molecule has 2 aromatic carbocycles. The molecule has 1 N–H and O–H groups in total. The SMILES string of the molecule is CC(C)NC(=O)C(C)N(Cc1ccccc1F)C(=O)Cc1c(F)cccc1Cl. The summed E-state index contributed by atoms with van der Waals surface area (Å²) in [6.45, 7) is 5.03. The van der Waals surface area contributed by atoms with E-state index < -0.39 is 23.6 Å². The van der Waals surface area contributed by atoms with E-state index in [0.29, 0.717) is 0 Å². The molecule has 150 valence electrons. The maximum atomic E-state index is 14.1. The van der Waals surface area contributed by atoms with E-state index in [-0.39, 0.29) is 41.1 Å². The number of benzene rings is 2. The Morgan fingerprint density at radius 2 is 1.68 bits per heavy atom. The van der Waals surface area contributed by atoms with Crippen molar-refractivity contribution in [1.82, 2.24) is 10.2 Å². The van der Waals surface area contributed by atoms with Crippen LogP contribution in [0.2, 0.25) is 5.02 Å². The number of hydrogen-bond donors (Lipinski definition) is 1. The third-order valence-corrected chi connectivity index (χ3v) is 4.64. The van der Waals surface area contributed by atoms with E-state index >= 15 is 0 Å². The molecule has 7 heteroatoms. The topological polar surface area (TPSA) is 49.4 Å². The van der Waals surface area contributed by atoms with Crippen molar-refractivity contribution in [2.24, 2.45) is 0 Å². The van der Waals surface area contributed by atoms with Gasteiger partial charge in [0.1, 0.15) is 17.7 Å². The normalized spacial score (nSPS) is 12.0. The minimum absolute atomic E-state index is 0.0455. The van der Waals surface area contributed by atoms with Gasteiger partial charge < -0.3 is 10.2 Å². The number of carbonyl (C=O) groups is 2. The summed E-state index contributed by atoms with van der Waals surface area (Å²) in [4.78, 5) is 26.7. The largest absolute Gasteiger partial charge is 0.352 e. The van der Waals surface area contributed by atoms with Crippen molar-refractivity contribution in [2.75, 3.05) is 0 Å². The molecule has 0 aliphatic rings. The van der Waals surface area contributed by atoms with Gasteiger partial charge in [-0.15, -0.1) is 0 Å². The van der Waals surface area contributed by atoms with Gasteiger partial charge in [-0.1, -0.05) is 35.9 Å². The molecule has 2 aromatic rings. The van der Waals surface area contributed by atoms with Gasteiger partial charge in [0.25, 0.3) is 0 Å². The smallest absolute Gasteiger partial charge is 0.242 e. The molecular formula is C21H23ClF2N2O2. The van der Waals surface area contributed by atoms with Crippen molar-refractivity contribution in [1.29, 1.82) is 0 Å². The standard InChI is InChI=1S/C21H23ClF2N2O2/c1-13(2)25-21(28)14(3)26(12-15-7-4-5-9-18(15)23)20(27)11-16-17(22)8-6-10-19(16)24/h4-10,13-14H,11-12H2,1-3H3,(H,25,28). The van der Waals surface area contributed by atoms with Gasteiger partial charge in [0.2, 0.25) is 11.8 Å². The van der Waals surface area contributed by atoms with E-state index in [1.54, 1.807) is 39.0 Å². The van der Waals surface area contributed by atoms with E-state index in [4.69, 9.17) is 11.6 Å². The quantitative estimate of drug-likeness (QED) is 0.749. The van der Waals surface area contributed by atoms with Crippen LogP contribution < -0.4 is 5.32 Å². The van der Waals surface area contributed by atoms with Crippen molar-refractivity contribution in [3.63, 3.8) is 0 Å². The summed E-state index contributed by atoms with van der Waals surface area (Å²) < 4.78 is 28.2. The lowest BCUT2D eigenvalue weighted by molar-refractivity contribution is -0.140. The lowest BCUT2D eigenvalue weighted by Gasteiger charge is -2.29. The lowest BCUT2D eigenvalue weighted by atomic mass is 10.1. The van der Waals surface area contributed by atoms with Crippen LogP contribution in [0.3, 0.4) is 0 Å². The maximum absolute atomic E-state index is 14.1. The molecule has 2 amide bonds. The number of carbonyl (C=O) groups excluding carboxylic acids is 2. The second-order valence-electron chi connectivity index (χ2n) is 6.83. The first-order valence-electron chi connectivity index (χ1n) is 8.96. The van der Waals surface area contributed by atoms with E-state index in [2.05, 4.69) is 5.32 Å². The van der Waals surface area contributed by atoms with Gasteiger partial charge in [-0.25, -0.2) is 8.78 Å². The molecule has 0 saturated heterocycles. The number of halogens is 3. The molecule has 0 spiro atoms. The predicted octanol–water partition coefficient (Wildman–Crippen LogP) is 4.10. The first-order valence-corrected chi connectivity index (χ1v) is 9.34. The molecule has 0 aromatic heterocycles. The van der Waals surface area contributed by atoms with Crippen LogP contribution in [0.25, 0.3) is 0 Å². The Kier molecular flexibility index (Phi) is 7.52. The molecule has 28 heavy (non-hydrogen) atoms. The van der Waals surface area contributed by atoms with Crippen LogP contribution in [0.5, 0.6) is 0 Å². The van der Waals surface area contributed by atoms with Gasteiger partial charge in [0.15, 0.2) is 0 Å². The number of nitrogens with zero attached hydrogens (tertiary/aromatic N) is 1. The summed E-state index contributed by atoms with van der Waals surface area (Å²) in [6.07, 6.45) is -0.334. The highest BCUT2D eigenvalue weighted by molar-refractivity contribution is 6.31. The first kappa shape index (κ1) is 21.8. The summed E-state index contributed by atoms with van der Waals surface area (Å²) in [5.74, 6) is -1.99. The minimum atomic E-state index is -0.875. The Labute approximate surface area is 168 Å². The van der Waals surface area contributed by atoms with Crippen LogP contribution in [0, 0.1) is 11.6 Å². The summed E-state index contributed by atoms with van der Waals surface area (Å²) in [5, 5.41) is 2.86. The summed E-state index contributed by atoms with van der Waals surface area (Å²) in [7, 11) is 0. The number of rotatable bonds is 7.